The van der Waals surface area contributed by atoms with Crippen molar-refractivity contribution in [3.8, 4) is 11.4 Å². The molecule has 0 saturated heterocycles. The van der Waals surface area contributed by atoms with Crippen LogP contribution in [0.3, 0.4) is 0 Å². The van der Waals surface area contributed by atoms with Crippen molar-refractivity contribution < 1.29 is 4.74 Å². The molecule has 0 aliphatic rings. The Morgan fingerprint density at radius 1 is 1.21 bits per heavy atom. The van der Waals surface area contributed by atoms with Gasteiger partial charge in [-0.05, 0) is 17.5 Å². The third kappa shape index (κ3) is 3.31. The van der Waals surface area contributed by atoms with Gasteiger partial charge in [-0.2, -0.15) is 0 Å². The lowest BCUT2D eigenvalue weighted by Crippen LogP contribution is -2.00. The molecule has 1 aromatic carbocycles. The van der Waals surface area contributed by atoms with E-state index in [0.717, 1.165) is 16.8 Å². The summed E-state index contributed by atoms with van der Waals surface area (Å²) in [6.07, 6.45) is 0. The number of halogens is 1. The predicted octanol–water partition coefficient (Wildman–Crippen LogP) is 4.07. The van der Waals surface area contributed by atoms with Crippen molar-refractivity contribution >= 4 is 11.6 Å². The van der Waals surface area contributed by atoms with Crippen molar-refractivity contribution in [2.24, 2.45) is 0 Å². The summed E-state index contributed by atoms with van der Waals surface area (Å²) in [4.78, 5) is 8.92. The second-order valence-electron chi connectivity index (χ2n) is 4.68. The highest BCUT2D eigenvalue weighted by molar-refractivity contribution is 6.29. The van der Waals surface area contributed by atoms with Crippen LogP contribution in [0.5, 0.6) is 0 Å². The number of nitrogens with zero attached hydrogens (tertiary/aromatic N) is 2. The van der Waals surface area contributed by atoms with Gasteiger partial charge in [-0.15, -0.1) is 0 Å². The lowest BCUT2D eigenvalue weighted by molar-refractivity contribution is 0.185. The van der Waals surface area contributed by atoms with E-state index in [1.807, 2.05) is 30.3 Å². The molecule has 0 atom stereocenters. The number of benzene rings is 1. The van der Waals surface area contributed by atoms with Gasteiger partial charge in [-0.3, -0.25) is 0 Å². The third-order valence-electron chi connectivity index (χ3n) is 2.86. The Balaban J connectivity index is 2.52. The van der Waals surface area contributed by atoms with E-state index in [1.54, 1.807) is 7.11 Å². The minimum absolute atomic E-state index is 0.314. The molecule has 19 heavy (non-hydrogen) atoms. The van der Waals surface area contributed by atoms with Crippen LogP contribution in [0, 0.1) is 0 Å². The van der Waals surface area contributed by atoms with Gasteiger partial charge in [0.25, 0.3) is 0 Å². The maximum Gasteiger partial charge on any atom is 0.161 e. The summed E-state index contributed by atoms with van der Waals surface area (Å²) in [5.41, 5.74) is 2.97. The highest BCUT2D eigenvalue weighted by Crippen LogP contribution is 2.25. The monoisotopic (exact) mass is 276 g/mol. The molecule has 2 aromatic rings. The Hall–Kier alpha value is -1.45. The van der Waals surface area contributed by atoms with Gasteiger partial charge in [0.05, 0.1) is 6.61 Å². The maximum absolute atomic E-state index is 6.09. The first kappa shape index (κ1) is 14.0. The number of hydrogen-bond donors (Lipinski definition) is 0. The van der Waals surface area contributed by atoms with Crippen molar-refractivity contribution in [1.29, 1.82) is 0 Å². The molecule has 4 heteroatoms. The molecule has 0 amide bonds. The summed E-state index contributed by atoms with van der Waals surface area (Å²) in [6, 6.07) is 9.76. The fraction of sp³-hybridized carbons (Fsp3) is 0.333. The van der Waals surface area contributed by atoms with Crippen molar-refractivity contribution in [3.05, 3.63) is 46.7 Å². The molecule has 0 aliphatic heterocycles. The molecule has 0 unspecified atom stereocenters. The molecule has 0 N–H and O–H groups in total. The minimum Gasteiger partial charge on any atom is -0.380 e. The molecule has 0 radical (unpaired) electrons. The first-order valence-electron chi connectivity index (χ1n) is 6.23. The number of hydrogen-bond acceptors (Lipinski definition) is 3. The lowest BCUT2D eigenvalue weighted by Gasteiger charge is -2.11. The van der Waals surface area contributed by atoms with Crippen LogP contribution in [0.25, 0.3) is 11.4 Å². The van der Waals surface area contributed by atoms with Gasteiger partial charge in [0.2, 0.25) is 0 Å². The highest BCUT2D eigenvalue weighted by Gasteiger charge is 2.11. The zero-order valence-corrected chi connectivity index (χ0v) is 12.1. The molecule has 0 aliphatic carbocycles. The van der Waals surface area contributed by atoms with Crippen LogP contribution in [0.15, 0.2) is 30.3 Å². The third-order valence-corrected chi connectivity index (χ3v) is 3.06. The normalized spacial score (nSPS) is 11.0. The molecule has 3 nitrogen and oxygen atoms in total. The van der Waals surface area contributed by atoms with Crippen LogP contribution < -0.4 is 0 Å². The average Bonchev–Trinajstić information content (AvgIpc) is 2.39. The van der Waals surface area contributed by atoms with E-state index in [0.29, 0.717) is 23.5 Å². The Labute approximate surface area is 118 Å². The van der Waals surface area contributed by atoms with Crippen LogP contribution in [-0.4, -0.2) is 17.1 Å². The topological polar surface area (TPSA) is 35.0 Å². The van der Waals surface area contributed by atoms with E-state index in [2.05, 4.69) is 23.8 Å². The smallest absolute Gasteiger partial charge is 0.161 e. The summed E-state index contributed by atoms with van der Waals surface area (Å²) in [5.74, 6) is 0.970. The molecule has 0 fully saturated rings. The average molecular weight is 277 g/mol. The van der Waals surface area contributed by atoms with Crippen molar-refractivity contribution in [2.75, 3.05) is 7.11 Å². The van der Waals surface area contributed by atoms with Gasteiger partial charge < -0.3 is 4.74 Å². The van der Waals surface area contributed by atoms with Gasteiger partial charge in [-0.1, -0.05) is 49.7 Å². The summed E-state index contributed by atoms with van der Waals surface area (Å²) >= 11 is 6.09. The van der Waals surface area contributed by atoms with E-state index in [1.165, 1.54) is 0 Å². The Bertz CT molecular complexity index is 570. The van der Waals surface area contributed by atoms with Crippen molar-refractivity contribution in [1.82, 2.24) is 9.97 Å². The molecular weight excluding hydrogens is 260 g/mol. The highest BCUT2D eigenvalue weighted by atomic mass is 35.5. The number of rotatable bonds is 4. The first-order valence-corrected chi connectivity index (χ1v) is 6.61. The van der Waals surface area contributed by atoms with Crippen LogP contribution in [0.4, 0.5) is 0 Å². The number of ether oxygens (including phenoxy) is 1. The van der Waals surface area contributed by atoms with Gasteiger partial charge in [0.15, 0.2) is 5.82 Å². The summed E-state index contributed by atoms with van der Waals surface area (Å²) in [7, 11) is 1.68. The molecular formula is C15H17ClN2O. The van der Waals surface area contributed by atoms with Crippen LogP contribution in [0.2, 0.25) is 5.15 Å². The zero-order valence-electron chi connectivity index (χ0n) is 11.4. The van der Waals surface area contributed by atoms with Crippen LogP contribution in [-0.2, 0) is 11.3 Å². The number of aromatic nitrogens is 2. The van der Waals surface area contributed by atoms with Crippen molar-refractivity contribution in [3.63, 3.8) is 0 Å². The second kappa shape index (κ2) is 6.13. The zero-order chi connectivity index (χ0) is 13.8. The minimum atomic E-state index is 0.314. The standard InChI is InChI=1S/C15H17ClN2O/c1-10(2)13-8-14(16)18-15(17-13)12-7-5-4-6-11(12)9-19-3/h4-8,10H,9H2,1-3H3. The Morgan fingerprint density at radius 2 is 1.95 bits per heavy atom. The molecule has 0 saturated carbocycles. The fourth-order valence-electron chi connectivity index (χ4n) is 1.87. The van der Waals surface area contributed by atoms with Gasteiger partial charge >= 0.3 is 0 Å². The summed E-state index contributed by atoms with van der Waals surface area (Å²) in [6.45, 7) is 4.70. The SMILES string of the molecule is COCc1ccccc1-c1nc(Cl)cc(C(C)C)n1. The molecule has 100 valence electrons. The van der Waals surface area contributed by atoms with E-state index >= 15 is 0 Å². The first-order chi connectivity index (χ1) is 9.11. The molecule has 1 aromatic heterocycles. The van der Waals surface area contributed by atoms with Crippen LogP contribution >= 0.6 is 11.6 Å². The maximum atomic E-state index is 6.09. The van der Waals surface area contributed by atoms with E-state index in [9.17, 15) is 0 Å². The number of methoxy groups -OCH3 is 1. The Morgan fingerprint density at radius 3 is 2.63 bits per heavy atom. The quantitative estimate of drug-likeness (QED) is 0.790. The fourth-order valence-corrected chi connectivity index (χ4v) is 2.06. The van der Waals surface area contributed by atoms with Crippen molar-refractivity contribution in [2.45, 2.75) is 26.4 Å². The summed E-state index contributed by atoms with van der Waals surface area (Å²) in [5, 5.41) is 0.473. The Kier molecular flexibility index (Phi) is 4.51. The molecule has 2 rings (SSSR count). The largest absolute Gasteiger partial charge is 0.380 e. The van der Waals surface area contributed by atoms with Gasteiger partial charge in [0.1, 0.15) is 5.15 Å². The molecule has 0 spiro atoms. The predicted molar refractivity (Wildman–Crippen MR) is 77.3 cm³/mol. The van der Waals surface area contributed by atoms with Gasteiger partial charge in [0, 0.05) is 18.4 Å². The van der Waals surface area contributed by atoms with Gasteiger partial charge in [-0.25, -0.2) is 9.97 Å². The summed E-state index contributed by atoms with van der Waals surface area (Å²) < 4.78 is 5.21. The second-order valence-corrected chi connectivity index (χ2v) is 5.07. The van der Waals surface area contributed by atoms with Crippen LogP contribution in [0.1, 0.15) is 31.0 Å². The van der Waals surface area contributed by atoms with E-state index in [4.69, 9.17) is 16.3 Å². The van der Waals surface area contributed by atoms with E-state index < -0.39 is 0 Å². The lowest BCUT2D eigenvalue weighted by atomic mass is 10.1. The molecule has 0 bridgehead atoms. The molecule has 1 heterocycles. The van der Waals surface area contributed by atoms with E-state index in [-0.39, 0.29) is 0 Å².